The van der Waals surface area contributed by atoms with E-state index >= 15 is 0 Å². The zero-order chi connectivity index (χ0) is 12.1. The highest BCUT2D eigenvalue weighted by Gasteiger charge is 2.21. The van der Waals surface area contributed by atoms with Crippen LogP contribution in [-0.2, 0) is 11.2 Å². The van der Waals surface area contributed by atoms with Gasteiger partial charge >= 0.3 is 0 Å². The molecule has 1 aliphatic rings. The number of aromatic nitrogens is 1. The van der Waals surface area contributed by atoms with Gasteiger partial charge in [0.25, 0.3) is 0 Å². The average Bonchev–Trinajstić information content (AvgIpc) is 2.38. The highest BCUT2D eigenvalue weighted by molar-refractivity contribution is 7.80. The third kappa shape index (κ3) is 3.73. The Bertz CT molecular complexity index is 371. The van der Waals surface area contributed by atoms with Gasteiger partial charge in [0.1, 0.15) is 11.1 Å². The first-order valence-corrected chi connectivity index (χ1v) is 6.20. The van der Waals surface area contributed by atoms with Crippen molar-refractivity contribution in [1.29, 1.82) is 0 Å². The molecule has 1 aromatic heterocycles. The molecule has 1 unspecified atom stereocenters. The van der Waals surface area contributed by atoms with Gasteiger partial charge in [0, 0.05) is 37.9 Å². The van der Waals surface area contributed by atoms with E-state index in [1.54, 1.807) is 0 Å². The van der Waals surface area contributed by atoms with Gasteiger partial charge in [-0.1, -0.05) is 18.3 Å². The van der Waals surface area contributed by atoms with E-state index in [1.165, 1.54) is 0 Å². The lowest BCUT2D eigenvalue weighted by molar-refractivity contribution is 0.00765. The molecule has 17 heavy (non-hydrogen) atoms. The number of morpholine rings is 1. The Balaban J connectivity index is 1.81. The molecule has 1 aromatic rings. The Morgan fingerprint density at radius 3 is 3.18 bits per heavy atom. The maximum atomic E-state index is 5.60. The Labute approximate surface area is 107 Å². The first-order chi connectivity index (χ1) is 8.25. The zero-order valence-corrected chi connectivity index (χ0v) is 10.5. The molecule has 0 saturated carbocycles. The summed E-state index contributed by atoms with van der Waals surface area (Å²) in [7, 11) is 0. The monoisotopic (exact) mass is 251 g/mol. The van der Waals surface area contributed by atoms with E-state index in [1.807, 2.05) is 24.4 Å². The highest BCUT2D eigenvalue weighted by Crippen LogP contribution is 2.06. The van der Waals surface area contributed by atoms with Crippen molar-refractivity contribution in [3.8, 4) is 0 Å². The minimum absolute atomic E-state index is 0.0949. The Hall–Kier alpha value is -1.04. The fourth-order valence-corrected chi connectivity index (χ4v) is 2.04. The van der Waals surface area contributed by atoms with Gasteiger partial charge in [-0.15, -0.1) is 0 Å². The van der Waals surface area contributed by atoms with Crippen LogP contribution in [0.2, 0.25) is 0 Å². The summed E-state index contributed by atoms with van der Waals surface area (Å²) in [4.78, 5) is 7.08. The second-order valence-corrected chi connectivity index (χ2v) is 4.60. The molecule has 2 rings (SSSR count). The van der Waals surface area contributed by atoms with Crippen LogP contribution in [0.15, 0.2) is 24.4 Å². The summed E-state index contributed by atoms with van der Waals surface area (Å²) < 4.78 is 5.50. The molecule has 92 valence electrons. The highest BCUT2D eigenvalue weighted by atomic mass is 32.1. The first-order valence-electron chi connectivity index (χ1n) is 5.79. The Morgan fingerprint density at radius 2 is 2.47 bits per heavy atom. The van der Waals surface area contributed by atoms with Crippen LogP contribution in [-0.4, -0.2) is 47.2 Å². The number of nitrogens with two attached hydrogens (primary N) is 1. The molecule has 0 aliphatic carbocycles. The largest absolute Gasteiger partial charge is 0.391 e. The summed E-state index contributed by atoms with van der Waals surface area (Å²) >= 11 is 4.96. The van der Waals surface area contributed by atoms with Gasteiger partial charge in [0.15, 0.2) is 0 Å². The van der Waals surface area contributed by atoms with Crippen molar-refractivity contribution in [3.63, 3.8) is 0 Å². The van der Waals surface area contributed by atoms with Crippen molar-refractivity contribution in [1.82, 2.24) is 9.88 Å². The molecule has 1 fully saturated rings. The zero-order valence-electron chi connectivity index (χ0n) is 9.71. The van der Waals surface area contributed by atoms with Crippen LogP contribution in [0.25, 0.3) is 0 Å². The number of pyridine rings is 1. The van der Waals surface area contributed by atoms with E-state index in [2.05, 4.69) is 9.88 Å². The quantitative estimate of drug-likeness (QED) is 0.795. The summed E-state index contributed by atoms with van der Waals surface area (Å²) in [5.41, 5.74) is 6.72. The van der Waals surface area contributed by atoms with Crippen LogP contribution < -0.4 is 5.73 Å². The van der Waals surface area contributed by atoms with Crippen LogP contribution in [0.5, 0.6) is 0 Å². The van der Waals surface area contributed by atoms with Crippen molar-refractivity contribution in [3.05, 3.63) is 30.1 Å². The van der Waals surface area contributed by atoms with E-state index < -0.39 is 0 Å². The summed E-state index contributed by atoms with van der Waals surface area (Å²) in [6.07, 6.45) is 2.68. The molecule has 2 N–H and O–H groups in total. The second kappa shape index (κ2) is 6.05. The molecular formula is C12H17N3OS. The van der Waals surface area contributed by atoms with Crippen molar-refractivity contribution in [2.24, 2.45) is 5.73 Å². The van der Waals surface area contributed by atoms with E-state index in [9.17, 15) is 0 Å². The Kier molecular flexibility index (Phi) is 4.42. The maximum absolute atomic E-state index is 5.60. The van der Waals surface area contributed by atoms with Crippen molar-refractivity contribution < 1.29 is 4.74 Å². The number of thiocarbonyl (C=S) groups is 1. The van der Waals surface area contributed by atoms with E-state index in [0.717, 1.165) is 31.7 Å². The summed E-state index contributed by atoms with van der Waals surface area (Å²) in [5.74, 6) is 0. The lowest BCUT2D eigenvalue weighted by Gasteiger charge is -2.32. The molecule has 4 nitrogen and oxygen atoms in total. The predicted molar refractivity (Wildman–Crippen MR) is 70.9 cm³/mol. The fourth-order valence-electron chi connectivity index (χ4n) is 1.90. The third-order valence-electron chi connectivity index (χ3n) is 2.88. The molecule has 0 bridgehead atoms. The summed E-state index contributed by atoms with van der Waals surface area (Å²) in [6.45, 7) is 3.40. The third-order valence-corrected chi connectivity index (χ3v) is 3.14. The normalized spacial score (nSPS) is 21.3. The predicted octanol–water partition coefficient (Wildman–Crippen LogP) is 0.611. The van der Waals surface area contributed by atoms with Crippen LogP contribution in [0.3, 0.4) is 0 Å². The topological polar surface area (TPSA) is 51.4 Å². The van der Waals surface area contributed by atoms with Crippen LogP contribution >= 0.6 is 12.2 Å². The smallest absolute Gasteiger partial charge is 0.120 e. The van der Waals surface area contributed by atoms with Crippen molar-refractivity contribution in [2.45, 2.75) is 12.5 Å². The lowest BCUT2D eigenvalue weighted by atomic mass is 10.2. The van der Waals surface area contributed by atoms with Gasteiger partial charge < -0.3 is 10.5 Å². The molecule has 0 radical (unpaired) electrons. The van der Waals surface area contributed by atoms with Crippen LogP contribution in [0.1, 0.15) is 5.69 Å². The lowest BCUT2D eigenvalue weighted by Crippen LogP contribution is -2.48. The Morgan fingerprint density at radius 1 is 1.59 bits per heavy atom. The minimum Gasteiger partial charge on any atom is -0.391 e. The molecular weight excluding hydrogens is 234 g/mol. The minimum atomic E-state index is -0.0949. The summed E-state index contributed by atoms with van der Waals surface area (Å²) in [5, 5.41) is 0. The number of hydrogen-bond donors (Lipinski definition) is 1. The average molecular weight is 251 g/mol. The number of hydrogen-bond acceptors (Lipinski definition) is 4. The van der Waals surface area contributed by atoms with E-state index in [4.69, 9.17) is 22.7 Å². The fraction of sp³-hybridized carbons (Fsp3) is 0.500. The molecule has 0 spiro atoms. The number of nitrogens with zero attached hydrogens (tertiary/aromatic N) is 2. The molecule has 1 aliphatic heterocycles. The second-order valence-electron chi connectivity index (χ2n) is 4.13. The standard InChI is InChI=1S/C12H17N3OS/c13-12(17)11-9-15(7-8-16-11)6-4-10-3-1-2-5-14-10/h1-3,5,11H,4,6-9H2,(H2,13,17). The van der Waals surface area contributed by atoms with Crippen LogP contribution in [0.4, 0.5) is 0 Å². The molecule has 0 amide bonds. The van der Waals surface area contributed by atoms with Gasteiger partial charge in [-0.3, -0.25) is 9.88 Å². The van der Waals surface area contributed by atoms with Gasteiger partial charge in [0.2, 0.25) is 0 Å². The molecule has 1 atom stereocenters. The van der Waals surface area contributed by atoms with Gasteiger partial charge in [0.05, 0.1) is 6.61 Å². The van der Waals surface area contributed by atoms with E-state index in [-0.39, 0.29) is 6.10 Å². The van der Waals surface area contributed by atoms with Gasteiger partial charge in [-0.05, 0) is 12.1 Å². The first kappa shape index (κ1) is 12.4. The maximum Gasteiger partial charge on any atom is 0.120 e. The van der Waals surface area contributed by atoms with Crippen molar-refractivity contribution in [2.75, 3.05) is 26.2 Å². The summed E-state index contributed by atoms with van der Waals surface area (Å²) in [6, 6.07) is 5.99. The molecule has 5 heteroatoms. The van der Waals surface area contributed by atoms with E-state index in [0.29, 0.717) is 11.6 Å². The van der Waals surface area contributed by atoms with Crippen LogP contribution in [0, 0.1) is 0 Å². The molecule has 1 saturated heterocycles. The molecule has 0 aromatic carbocycles. The van der Waals surface area contributed by atoms with Crippen molar-refractivity contribution >= 4 is 17.2 Å². The number of rotatable bonds is 4. The van der Waals surface area contributed by atoms with Gasteiger partial charge in [-0.25, -0.2) is 0 Å². The number of ether oxygens (including phenoxy) is 1. The van der Waals surface area contributed by atoms with Gasteiger partial charge in [-0.2, -0.15) is 0 Å². The SMILES string of the molecule is NC(=S)C1CN(CCc2ccccn2)CCO1. The molecule has 2 heterocycles.